The first-order chi connectivity index (χ1) is 12.6. The fraction of sp³-hybridized carbons (Fsp3) is 0.300. The van der Waals surface area contributed by atoms with Crippen molar-refractivity contribution in [1.82, 2.24) is 10.2 Å². The Balaban J connectivity index is 1.54. The minimum absolute atomic E-state index is 0.00453. The smallest absolute Gasteiger partial charge is 0.244 e. The van der Waals surface area contributed by atoms with Gasteiger partial charge in [-0.3, -0.25) is 9.59 Å². The molecule has 2 saturated heterocycles. The summed E-state index contributed by atoms with van der Waals surface area (Å²) in [7, 11) is 0. The van der Waals surface area contributed by atoms with E-state index in [4.69, 9.17) is 0 Å². The van der Waals surface area contributed by atoms with Crippen LogP contribution in [-0.2, 0) is 21.0 Å². The van der Waals surface area contributed by atoms with Crippen LogP contribution in [0, 0.1) is 5.82 Å². The highest BCUT2D eigenvalue weighted by Gasteiger charge is 2.56. The zero-order chi connectivity index (χ0) is 18.1. The fourth-order valence-corrected chi connectivity index (χ4v) is 5.43. The Morgan fingerprint density at radius 1 is 1.19 bits per heavy atom. The molecule has 0 aromatic heterocycles. The number of halogens is 1. The first-order valence-electron chi connectivity index (χ1n) is 8.64. The van der Waals surface area contributed by atoms with Crippen LogP contribution in [0.1, 0.15) is 24.0 Å². The number of fused-ring (bicyclic) bond motifs is 1. The average molecular weight is 370 g/mol. The van der Waals surface area contributed by atoms with Crippen LogP contribution >= 0.6 is 11.8 Å². The van der Waals surface area contributed by atoms with Crippen LogP contribution in [0.25, 0.3) is 0 Å². The molecular formula is C20H19FN2O2S. The van der Waals surface area contributed by atoms with Gasteiger partial charge in [0.1, 0.15) is 16.7 Å². The van der Waals surface area contributed by atoms with Crippen LogP contribution in [0.4, 0.5) is 4.39 Å². The second kappa shape index (κ2) is 6.76. The van der Waals surface area contributed by atoms with Crippen molar-refractivity contribution in [1.29, 1.82) is 0 Å². The Kier molecular flexibility index (Phi) is 4.44. The molecular weight excluding hydrogens is 351 g/mol. The number of nitrogens with zero attached hydrogens (tertiary/aromatic N) is 1. The quantitative estimate of drug-likeness (QED) is 0.900. The van der Waals surface area contributed by atoms with E-state index in [2.05, 4.69) is 5.32 Å². The fourth-order valence-electron chi connectivity index (χ4n) is 3.78. The molecule has 4 rings (SSSR count). The van der Waals surface area contributed by atoms with E-state index in [1.54, 1.807) is 34.9 Å². The lowest BCUT2D eigenvalue weighted by molar-refractivity contribution is -0.138. The van der Waals surface area contributed by atoms with E-state index >= 15 is 0 Å². The third-order valence-electron chi connectivity index (χ3n) is 5.07. The average Bonchev–Trinajstić information content (AvgIpc) is 3.21. The Morgan fingerprint density at radius 2 is 1.92 bits per heavy atom. The van der Waals surface area contributed by atoms with E-state index in [1.807, 2.05) is 30.3 Å². The zero-order valence-electron chi connectivity index (χ0n) is 14.2. The summed E-state index contributed by atoms with van der Waals surface area (Å²) in [5, 5.41) is 2.80. The van der Waals surface area contributed by atoms with Gasteiger partial charge in [0.05, 0.1) is 0 Å². The summed E-state index contributed by atoms with van der Waals surface area (Å²) in [4.78, 5) is 26.6. The standard InChI is InChI=1S/C20H19FN2O2S/c21-16-9-5-4-6-14(16)12-22-19(25)17-13-26-20(11-10-18(24)23(17)20)15-7-2-1-3-8-15/h1-9,17H,10-13H2,(H,22,25). The summed E-state index contributed by atoms with van der Waals surface area (Å²) in [5.74, 6) is -0.0211. The molecule has 2 aromatic rings. The molecule has 6 heteroatoms. The van der Waals surface area contributed by atoms with Gasteiger partial charge in [0.2, 0.25) is 11.8 Å². The third-order valence-corrected chi connectivity index (χ3v) is 6.66. The number of carbonyl (C=O) groups excluding carboxylic acids is 2. The molecule has 2 aliphatic rings. The number of benzene rings is 2. The van der Waals surface area contributed by atoms with Gasteiger partial charge in [-0.15, -0.1) is 11.8 Å². The summed E-state index contributed by atoms with van der Waals surface area (Å²) in [6, 6.07) is 15.7. The highest BCUT2D eigenvalue weighted by atomic mass is 32.2. The highest BCUT2D eigenvalue weighted by molar-refractivity contribution is 8.00. The number of thioether (sulfide) groups is 1. The maximum absolute atomic E-state index is 13.8. The van der Waals surface area contributed by atoms with Gasteiger partial charge < -0.3 is 10.2 Å². The molecule has 0 saturated carbocycles. The molecule has 1 N–H and O–H groups in total. The van der Waals surface area contributed by atoms with Gasteiger partial charge in [0.25, 0.3) is 0 Å². The molecule has 2 atom stereocenters. The van der Waals surface area contributed by atoms with Crippen molar-refractivity contribution in [2.75, 3.05) is 5.75 Å². The molecule has 2 aromatic carbocycles. The van der Waals surface area contributed by atoms with E-state index in [-0.39, 0.29) is 24.2 Å². The topological polar surface area (TPSA) is 49.4 Å². The van der Waals surface area contributed by atoms with Gasteiger partial charge in [0.15, 0.2) is 0 Å². The normalized spacial score (nSPS) is 24.6. The highest BCUT2D eigenvalue weighted by Crippen LogP contribution is 2.54. The number of amides is 2. The van der Waals surface area contributed by atoms with Crippen molar-refractivity contribution in [2.24, 2.45) is 0 Å². The summed E-state index contributed by atoms with van der Waals surface area (Å²) in [6.45, 7) is 0.118. The number of rotatable bonds is 4. The Bertz CT molecular complexity index is 845. The Hall–Kier alpha value is -2.34. The van der Waals surface area contributed by atoms with Crippen molar-refractivity contribution in [3.8, 4) is 0 Å². The molecule has 2 heterocycles. The van der Waals surface area contributed by atoms with Crippen molar-refractivity contribution in [3.05, 3.63) is 71.5 Å². The van der Waals surface area contributed by atoms with E-state index in [0.717, 1.165) is 5.56 Å². The van der Waals surface area contributed by atoms with Gasteiger partial charge >= 0.3 is 0 Å². The molecule has 2 amide bonds. The molecule has 26 heavy (non-hydrogen) atoms. The molecule has 0 spiro atoms. The molecule has 4 nitrogen and oxygen atoms in total. The molecule has 2 fully saturated rings. The first-order valence-corrected chi connectivity index (χ1v) is 9.63. The zero-order valence-corrected chi connectivity index (χ0v) is 15.0. The number of hydrogen-bond donors (Lipinski definition) is 1. The maximum Gasteiger partial charge on any atom is 0.244 e. The van der Waals surface area contributed by atoms with Gasteiger partial charge in [-0.1, -0.05) is 48.5 Å². The second-order valence-corrected chi connectivity index (χ2v) is 7.85. The second-order valence-electron chi connectivity index (χ2n) is 6.55. The van der Waals surface area contributed by atoms with Crippen molar-refractivity contribution < 1.29 is 14.0 Å². The first kappa shape index (κ1) is 17.1. The molecule has 134 valence electrons. The van der Waals surface area contributed by atoms with Crippen LogP contribution in [-0.4, -0.2) is 28.5 Å². The van der Waals surface area contributed by atoms with Crippen molar-refractivity contribution in [2.45, 2.75) is 30.3 Å². The largest absolute Gasteiger partial charge is 0.350 e. The number of hydrogen-bond acceptors (Lipinski definition) is 3. The lowest BCUT2D eigenvalue weighted by atomic mass is 10.0. The molecule has 2 aliphatic heterocycles. The maximum atomic E-state index is 13.8. The molecule has 2 unspecified atom stereocenters. The third kappa shape index (κ3) is 2.78. The Morgan fingerprint density at radius 3 is 2.69 bits per heavy atom. The summed E-state index contributed by atoms with van der Waals surface area (Å²) in [6.07, 6.45) is 1.15. The van der Waals surface area contributed by atoms with Crippen LogP contribution < -0.4 is 5.32 Å². The SMILES string of the molecule is O=C(NCc1ccccc1F)C1CSC2(c3ccccc3)CCC(=O)N12. The van der Waals surface area contributed by atoms with Crippen LogP contribution in [0.15, 0.2) is 54.6 Å². The lowest BCUT2D eigenvalue weighted by Gasteiger charge is -2.34. The molecule has 0 radical (unpaired) electrons. The predicted octanol–water partition coefficient (Wildman–Crippen LogP) is 3.03. The number of carbonyl (C=O) groups is 2. The summed E-state index contributed by atoms with van der Waals surface area (Å²) < 4.78 is 13.8. The van der Waals surface area contributed by atoms with Gasteiger partial charge in [-0.25, -0.2) is 4.39 Å². The molecule has 0 bridgehead atoms. The lowest BCUT2D eigenvalue weighted by Crippen LogP contribution is -2.49. The van der Waals surface area contributed by atoms with Gasteiger partial charge in [-0.05, 0) is 18.1 Å². The predicted molar refractivity (Wildman–Crippen MR) is 98.7 cm³/mol. The van der Waals surface area contributed by atoms with Crippen molar-refractivity contribution in [3.63, 3.8) is 0 Å². The monoisotopic (exact) mass is 370 g/mol. The summed E-state index contributed by atoms with van der Waals surface area (Å²) in [5.41, 5.74) is 1.49. The number of nitrogens with one attached hydrogen (secondary N) is 1. The Labute approximate surface area is 155 Å². The van der Waals surface area contributed by atoms with E-state index in [1.165, 1.54) is 6.07 Å². The molecule has 0 aliphatic carbocycles. The van der Waals surface area contributed by atoms with E-state index in [9.17, 15) is 14.0 Å². The van der Waals surface area contributed by atoms with Crippen LogP contribution in [0.5, 0.6) is 0 Å². The van der Waals surface area contributed by atoms with Crippen LogP contribution in [0.3, 0.4) is 0 Å². The van der Waals surface area contributed by atoms with E-state index in [0.29, 0.717) is 24.2 Å². The van der Waals surface area contributed by atoms with Gasteiger partial charge in [0, 0.05) is 24.3 Å². The van der Waals surface area contributed by atoms with Gasteiger partial charge in [-0.2, -0.15) is 0 Å². The van der Waals surface area contributed by atoms with Crippen molar-refractivity contribution >= 4 is 23.6 Å². The summed E-state index contributed by atoms with van der Waals surface area (Å²) >= 11 is 1.65. The minimum atomic E-state index is -0.526. The van der Waals surface area contributed by atoms with Crippen LogP contribution in [0.2, 0.25) is 0 Å². The minimum Gasteiger partial charge on any atom is -0.350 e. The van der Waals surface area contributed by atoms with E-state index < -0.39 is 10.9 Å².